The van der Waals surface area contributed by atoms with E-state index in [1.54, 1.807) is 0 Å². The normalized spacial score (nSPS) is 13.4. The Morgan fingerprint density at radius 1 is 1.00 bits per heavy atom. The Hall–Kier alpha value is -3.41. The number of nitrogens with two attached hydrogens (primary N) is 1. The van der Waals surface area contributed by atoms with Crippen LogP contribution < -0.4 is 5.73 Å². The molecule has 2 amide bonds. The van der Waals surface area contributed by atoms with Crippen molar-refractivity contribution in [2.75, 3.05) is 6.54 Å². The molecule has 0 bridgehead atoms. The largest absolute Gasteiger partial charge is 0.361 e. The molecule has 0 saturated carbocycles. The Balaban J connectivity index is 1.78. The number of aromatic amines is 1. The molecule has 6 heteroatoms. The maximum absolute atomic E-state index is 12.1. The summed E-state index contributed by atoms with van der Waals surface area (Å²) in [5.74, 6) is -1.63. The van der Waals surface area contributed by atoms with Gasteiger partial charge in [0.1, 0.15) is 0 Å². The fourth-order valence-electron chi connectivity index (χ4n) is 3.68. The van der Waals surface area contributed by atoms with Crippen LogP contribution in [0.15, 0.2) is 60.7 Å². The molecule has 0 aliphatic carbocycles. The highest BCUT2D eigenvalue weighted by atomic mass is 16.2. The minimum absolute atomic E-state index is 0.0592. The molecule has 27 heavy (non-hydrogen) atoms. The predicted molar refractivity (Wildman–Crippen MR) is 101 cm³/mol. The molecule has 0 saturated heterocycles. The van der Waals surface area contributed by atoms with Crippen LogP contribution >= 0.6 is 0 Å². The number of hydrogen-bond donors (Lipinski definition) is 2. The number of benzene rings is 2. The molecule has 1 aliphatic heterocycles. The van der Waals surface area contributed by atoms with Crippen molar-refractivity contribution in [2.24, 2.45) is 5.73 Å². The molecule has 2 heterocycles. The van der Waals surface area contributed by atoms with Gasteiger partial charge in [0, 0.05) is 30.8 Å². The van der Waals surface area contributed by atoms with Crippen molar-refractivity contribution >= 4 is 11.8 Å². The number of fused-ring (bicyclic) bond motifs is 1. The lowest BCUT2D eigenvalue weighted by Gasteiger charge is -2.27. The Morgan fingerprint density at radius 2 is 1.59 bits per heavy atom. The molecule has 1 aliphatic rings. The molecule has 4 rings (SSSR count). The summed E-state index contributed by atoms with van der Waals surface area (Å²) in [6, 6.07) is 20.3. The van der Waals surface area contributed by atoms with E-state index in [-0.39, 0.29) is 5.92 Å². The maximum atomic E-state index is 12.1. The van der Waals surface area contributed by atoms with Crippen molar-refractivity contribution < 1.29 is 9.59 Å². The quantitative estimate of drug-likeness (QED) is 0.700. The lowest BCUT2D eigenvalue weighted by atomic mass is 9.85. The predicted octanol–water partition coefficient (Wildman–Crippen LogP) is 1.96. The van der Waals surface area contributed by atoms with Crippen molar-refractivity contribution in [3.8, 4) is 0 Å². The van der Waals surface area contributed by atoms with E-state index in [4.69, 9.17) is 5.73 Å². The number of rotatable bonds is 3. The highest BCUT2D eigenvalue weighted by Crippen LogP contribution is 2.35. The van der Waals surface area contributed by atoms with E-state index >= 15 is 0 Å². The van der Waals surface area contributed by atoms with Gasteiger partial charge >= 0.3 is 11.8 Å². The van der Waals surface area contributed by atoms with Crippen molar-refractivity contribution in [1.29, 1.82) is 0 Å². The van der Waals surface area contributed by atoms with Crippen LogP contribution in [0.5, 0.6) is 0 Å². The van der Waals surface area contributed by atoms with Gasteiger partial charge in [-0.3, -0.25) is 14.7 Å². The maximum Gasteiger partial charge on any atom is 0.311 e. The van der Waals surface area contributed by atoms with Gasteiger partial charge in [0.25, 0.3) is 0 Å². The third-order valence-corrected chi connectivity index (χ3v) is 5.00. The third kappa shape index (κ3) is 3.21. The van der Waals surface area contributed by atoms with Crippen molar-refractivity contribution in [2.45, 2.75) is 18.9 Å². The van der Waals surface area contributed by atoms with E-state index < -0.39 is 11.8 Å². The average Bonchev–Trinajstić information content (AvgIpc) is 3.12. The monoisotopic (exact) mass is 360 g/mol. The second-order valence-electron chi connectivity index (χ2n) is 6.66. The van der Waals surface area contributed by atoms with E-state index in [0.717, 1.165) is 28.1 Å². The average molecular weight is 360 g/mol. The number of primary amides is 1. The minimum atomic E-state index is -0.925. The molecule has 0 unspecified atom stereocenters. The Kier molecular flexibility index (Phi) is 4.46. The Bertz CT molecular complexity index is 927. The van der Waals surface area contributed by atoms with E-state index in [9.17, 15) is 9.59 Å². The zero-order valence-corrected chi connectivity index (χ0v) is 14.8. The molecule has 0 spiro atoms. The minimum Gasteiger partial charge on any atom is -0.361 e. The fourth-order valence-corrected chi connectivity index (χ4v) is 3.68. The number of carbonyl (C=O) groups is 2. The van der Waals surface area contributed by atoms with Crippen LogP contribution in [-0.4, -0.2) is 33.5 Å². The van der Waals surface area contributed by atoms with E-state index in [1.165, 1.54) is 4.90 Å². The molecule has 136 valence electrons. The molecule has 2 aromatic carbocycles. The lowest BCUT2D eigenvalue weighted by Crippen LogP contribution is -2.43. The number of nitrogens with zero attached hydrogens (tertiary/aromatic N) is 2. The van der Waals surface area contributed by atoms with Gasteiger partial charge in [-0.15, -0.1) is 0 Å². The zero-order chi connectivity index (χ0) is 18.8. The number of carbonyl (C=O) groups excluding carboxylic acids is 2. The van der Waals surface area contributed by atoms with Crippen LogP contribution in [0.1, 0.15) is 34.0 Å². The first-order valence-corrected chi connectivity index (χ1v) is 8.89. The standard InChI is InChI=1S/C21H20N4O2/c22-20(26)21(27)25-12-11-17-16(13-25)19(24-23-17)18(14-7-3-1-4-8-14)15-9-5-2-6-10-15/h1-10,18H,11-13H2,(H2,22,26)(H,23,24). The number of H-pyrrole nitrogens is 1. The molecule has 0 radical (unpaired) electrons. The summed E-state index contributed by atoms with van der Waals surface area (Å²) >= 11 is 0. The van der Waals surface area contributed by atoms with Gasteiger partial charge in [0.05, 0.1) is 11.6 Å². The topological polar surface area (TPSA) is 92.1 Å². The van der Waals surface area contributed by atoms with Crippen molar-refractivity contribution in [1.82, 2.24) is 15.1 Å². The smallest absolute Gasteiger partial charge is 0.311 e. The number of amides is 2. The first-order chi connectivity index (χ1) is 13.1. The van der Waals surface area contributed by atoms with Gasteiger partial charge in [0.2, 0.25) is 0 Å². The first kappa shape index (κ1) is 17.0. The Labute approximate surface area is 157 Å². The van der Waals surface area contributed by atoms with Crippen LogP contribution in [0.3, 0.4) is 0 Å². The summed E-state index contributed by atoms with van der Waals surface area (Å²) in [5, 5.41) is 7.74. The summed E-state index contributed by atoms with van der Waals surface area (Å²) in [7, 11) is 0. The summed E-state index contributed by atoms with van der Waals surface area (Å²) in [5.41, 5.74) is 10.3. The number of nitrogens with one attached hydrogen (secondary N) is 1. The number of hydrogen-bond acceptors (Lipinski definition) is 3. The highest BCUT2D eigenvalue weighted by molar-refractivity contribution is 6.34. The van der Waals surface area contributed by atoms with Crippen molar-refractivity contribution in [3.05, 3.63) is 88.7 Å². The molecular formula is C21H20N4O2. The fraction of sp³-hybridized carbons (Fsp3) is 0.190. The first-order valence-electron chi connectivity index (χ1n) is 8.89. The molecule has 3 N–H and O–H groups in total. The van der Waals surface area contributed by atoms with E-state index in [1.807, 2.05) is 36.4 Å². The van der Waals surface area contributed by atoms with Crippen LogP contribution in [0, 0.1) is 0 Å². The van der Waals surface area contributed by atoms with E-state index in [0.29, 0.717) is 19.5 Å². The van der Waals surface area contributed by atoms with Crippen LogP contribution in [0.4, 0.5) is 0 Å². The molecule has 6 nitrogen and oxygen atoms in total. The highest BCUT2D eigenvalue weighted by Gasteiger charge is 2.31. The second-order valence-corrected chi connectivity index (χ2v) is 6.66. The van der Waals surface area contributed by atoms with Gasteiger partial charge in [0.15, 0.2) is 0 Å². The molecule has 3 aromatic rings. The zero-order valence-electron chi connectivity index (χ0n) is 14.8. The molecular weight excluding hydrogens is 340 g/mol. The van der Waals surface area contributed by atoms with Gasteiger partial charge < -0.3 is 10.6 Å². The number of aromatic nitrogens is 2. The van der Waals surface area contributed by atoms with Gasteiger partial charge in [-0.25, -0.2) is 0 Å². The SMILES string of the molecule is NC(=O)C(=O)N1CCc2[nH]nc(C(c3ccccc3)c3ccccc3)c2C1. The van der Waals surface area contributed by atoms with Crippen LogP contribution in [-0.2, 0) is 22.6 Å². The van der Waals surface area contributed by atoms with Crippen molar-refractivity contribution in [3.63, 3.8) is 0 Å². The molecule has 1 aromatic heterocycles. The van der Waals surface area contributed by atoms with Crippen LogP contribution in [0.25, 0.3) is 0 Å². The van der Waals surface area contributed by atoms with Gasteiger partial charge in [-0.2, -0.15) is 5.10 Å². The summed E-state index contributed by atoms with van der Waals surface area (Å²) in [6.07, 6.45) is 0.623. The molecule has 0 fully saturated rings. The summed E-state index contributed by atoms with van der Waals surface area (Å²) in [6.45, 7) is 0.789. The van der Waals surface area contributed by atoms with Gasteiger partial charge in [-0.1, -0.05) is 60.7 Å². The van der Waals surface area contributed by atoms with Gasteiger partial charge in [-0.05, 0) is 11.1 Å². The Morgan fingerprint density at radius 3 is 2.15 bits per heavy atom. The summed E-state index contributed by atoms with van der Waals surface area (Å²) in [4.78, 5) is 24.9. The summed E-state index contributed by atoms with van der Waals surface area (Å²) < 4.78 is 0. The van der Waals surface area contributed by atoms with E-state index in [2.05, 4.69) is 34.5 Å². The third-order valence-electron chi connectivity index (χ3n) is 5.00. The molecule has 0 atom stereocenters. The second kappa shape index (κ2) is 7.07. The van der Waals surface area contributed by atoms with Crippen LogP contribution in [0.2, 0.25) is 0 Å². The lowest BCUT2D eigenvalue weighted by molar-refractivity contribution is -0.144.